The van der Waals surface area contributed by atoms with Crippen LogP contribution in [0, 0.1) is 0 Å². The van der Waals surface area contributed by atoms with Crippen molar-refractivity contribution in [2.24, 2.45) is 0 Å². The van der Waals surface area contributed by atoms with E-state index in [-0.39, 0.29) is 11.3 Å². The van der Waals surface area contributed by atoms with Crippen LogP contribution in [0.1, 0.15) is 23.7 Å². The number of alkyl halides is 1. The summed E-state index contributed by atoms with van der Waals surface area (Å²) in [6.45, 7) is 2.41. The second kappa shape index (κ2) is 6.48. The van der Waals surface area contributed by atoms with Gasteiger partial charge in [0.25, 0.3) is 5.91 Å². The van der Waals surface area contributed by atoms with E-state index in [9.17, 15) is 4.79 Å². The SMILES string of the molecule is CCC(Cl)CNC(=O)c1cccc(Br)c1Cl. The zero-order valence-electron chi connectivity index (χ0n) is 8.77. The quantitative estimate of drug-likeness (QED) is 0.837. The highest BCUT2D eigenvalue weighted by Gasteiger charge is 2.12. The number of hydrogen-bond acceptors (Lipinski definition) is 1. The summed E-state index contributed by atoms with van der Waals surface area (Å²) in [5, 5.41) is 3.11. The molecule has 88 valence electrons. The second-order valence-corrected chi connectivity index (χ2v) is 5.17. The van der Waals surface area contributed by atoms with E-state index in [2.05, 4.69) is 21.2 Å². The highest BCUT2D eigenvalue weighted by atomic mass is 79.9. The van der Waals surface area contributed by atoms with Crippen LogP contribution < -0.4 is 5.32 Å². The van der Waals surface area contributed by atoms with Gasteiger partial charge < -0.3 is 5.32 Å². The summed E-state index contributed by atoms with van der Waals surface area (Å²) in [6, 6.07) is 5.23. The largest absolute Gasteiger partial charge is 0.351 e. The summed E-state index contributed by atoms with van der Waals surface area (Å²) < 4.78 is 0.708. The summed E-state index contributed by atoms with van der Waals surface area (Å²) in [7, 11) is 0. The molecule has 1 N–H and O–H groups in total. The van der Waals surface area contributed by atoms with Crippen LogP contribution in [0.5, 0.6) is 0 Å². The highest BCUT2D eigenvalue weighted by molar-refractivity contribution is 9.10. The Morgan fingerprint density at radius 1 is 1.56 bits per heavy atom. The molecule has 0 bridgehead atoms. The minimum absolute atomic E-state index is 0.0464. The Kier molecular flexibility index (Phi) is 5.59. The van der Waals surface area contributed by atoms with Gasteiger partial charge in [-0.05, 0) is 34.5 Å². The number of carbonyl (C=O) groups is 1. The molecule has 0 saturated carbocycles. The topological polar surface area (TPSA) is 29.1 Å². The second-order valence-electron chi connectivity index (χ2n) is 3.32. The molecule has 1 rings (SSSR count). The van der Waals surface area contributed by atoms with Gasteiger partial charge >= 0.3 is 0 Å². The first-order valence-corrected chi connectivity index (χ1v) is 6.53. The van der Waals surface area contributed by atoms with Gasteiger partial charge in [-0.2, -0.15) is 0 Å². The first-order valence-electron chi connectivity index (χ1n) is 4.92. The van der Waals surface area contributed by atoms with Crippen molar-refractivity contribution in [3.63, 3.8) is 0 Å². The van der Waals surface area contributed by atoms with Crippen LogP contribution in [0.3, 0.4) is 0 Å². The molecule has 0 saturated heterocycles. The van der Waals surface area contributed by atoms with E-state index in [0.29, 0.717) is 21.6 Å². The van der Waals surface area contributed by atoms with Crippen LogP contribution in [-0.4, -0.2) is 17.8 Å². The van der Waals surface area contributed by atoms with Crippen molar-refractivity contribution in [3.05, 3.63) is 33.3 Å². The van der Waals surface area contributed by atoms with Gasteiger partial charge in [0, 0.05) is 11.0 Å². The lowest BCUT2D eigenvalue weighted by Crippen LogP contribution is -2.29. The van der Waals surface area contributed by atoms with E-state index in [0.717, 1.165) is 6.42 Å². The minimum Gasteiger partial charge on any atom is -0.351 e. The molecule has 0 aromatic heterocycles. The monoisotopic (exact) mass is 323 g/mol. The number of halogens is 3. The average Bonchev–Trinajstić information content (AvgIpc) is 2.29. The third-order valence-electron chi connectivity index (χ3n) is 2.12. The Labute approximate surface area is 113 Å². The Hall–Kier alpha value is -0.250. The van der Waals surface area contributed by atoms with Gasteiger partial charge in [0.1, 0.15) is 0 Å². The molecule has 0 spiro atoms. The van der Waals surface area contributed by atoms with Crippen molar-refractivity contribution in [2.75, 3.05) is 6.54 Å². The van der Waals surface area contributed by atoms with Crippen LogP contribution in [-0.2, 0) is 0 Å². The maximum absolute atomic E-state index is 11.8. The first-order chi connectivity index (χ1) is 7.56. The lowest BCUT2D eigenvalue weighted by molar-refractivity contribution is 0.0953. The van der Waals surface area contributed by atoms with E-state index in [1.165, 1.54) is 0 Å². The van der Waals surface area contributed by atoms with Crippen molar-refractivity contribution >= 4 is 45.0 Å². The fourth-order valence-corrected chi connectivity index (χ4v) is 1.78. The summed E-state index contributed by atoms with van der Waals surface area (Å²) in [6.07, 6.45) is 0.814. The summed E-state index contributed by atoms with van der Waals surface area (Å²) >= 11 is 15.2. The van der Waals surface area contributed by atoms with Crippen LogP contribution in [0.2, 0.25) is 5.02 Å². The molecular formula is C11H12BrCl2NO. The molecule has 0 fully saturated rings. The van der Waals surface area contributed by atoms with E-state index < -0.39 is 0 Å². The zero-order chi connectivity index (χ0) is 12.1. The molecular weight excluding hydrogens is 313 g/mol. The molecule has 1 atom stereocenters. The van der Waals surface area contributed by atoms with E-state index in [1.54, 1.807) is 18.2 Å². The number of carbonyl (C=O) groups excluding carboxylic acids is 1. The van der Waals surface area contributed by atoms with Gasteiger partial charge in [-0.25, -0.2) is 0 Å². The molecule has 0 heterocycles. The Morgan fingerprint density at radius 3 is 2.88 bits per heavy atom. The maximum atomic E-state index is 11.8. The minimum atomic E-state index is -0.203. The van der Waals surface area contributed by atoms with Crippen molar-refractivity contribution < 1.29 is 4.79 Å². The molecule has 0 aliphatic rings. The highest BCUT2D eigenvalue weighted by Crippen LogP contribution is 2.25. The third kappa shape index (κ3) is 3.65. The summed E-state index contributed by atoms with van der Waals surface area (Å²) in [5.41, 5.74) is 0.455. The molecule has 16 heavy (non-hydrogen) atoms. The zero-order valence-corrected chi connectivity index (χ0v) is 11.9. The molecule has 0 aliphatic heterocycles. The van der Waals surface area contributed by atoms with Crippen LogP contribution in [0.15, 0.2) is 22.7 Å². The predicted octanol–water partition coefficient (Wildman–Crippen LogP) is 3.85. The Balaban J connectivity index is 2.70. The summed E-state index contributed by atoms with van der Waals surface area (Å²) in [4.78, 5) is 11.8. The number of rotatable bonds is 4. The molecule has 1 aromatic carbocycles. The smallest absolute Gasteiger partial charge is 0.252 e. The molecule has 1 unspecified atom stereocenters. The first kappa shape index (κ1) is 13.8. The van der Waals surface area contributed by atoms with Gasteiger partial charge in [0.2, 0.25) is 0 Å². The molecule has 1 amide bonds. The van der Waals surface area contributed by atoms with Gasteiger partial charge in [0.15, 0.2) is 0 Å². The van der Waals surface area contributed by atoms with Crippen molar-refractivity contribution in [1.82, 2.24) is 5.32 Å². The molecule has 0 radical (unpaired) electrons. The molecule has 2 nitrogen and oxygen atoms in total. The van der Waals surface area contributed by atoms with E-state index in [1.807, 2.05) is 6.92 Å². The fraction of sp³-hybridized carbons (Fsp3) is 0.364. The average molecular weight is 325 g/mol. The number of amides is 1. The Bertz CT molecular complexity index is 384. The van der Waals surface area contributed by atoms with Crippen LogP contribution in [0.25, 0.3) is 0 Å². The lowest BCUT2D eigenvalue weighted by atomic mass is 10.2. The number of benzene rings is 1. The fourth-order valence-electron chi connectivity index (χ4n) is 1.12. The molecule has 1 aromatic rings. The summed E-state index contributed by atoms with van der Waals surface area (Å²) in [5.74, 6) is -0.203. The number of nitrogens with one attached hydrogen (secondary N) is 1. The maximum Gasteiger partial charge on any atom is 0.252 e. The normalized spacial score (nSPS) is 12.2. The number of hydrogen-bond donors (Lipinski definition) is 1. The van der Waals surface area contributed by atoms with E-state index in [4.69, 9.17) is 23.2 Å². The standard InChI is InChI=1S/C11H12BrCl2NO/c1-2-7(13)6-15-11(16)8-4-3-5-9(12)10(8)14/h3-5,7H,2,6H2,1H3,(H,15,16). The van der Waals surface area contributed by atoms with Gasteiger partial charge in [-0.15, -0.1) is 11.6 Å². The molecule has 0 aliphatic carbocycles. The van der Waals surface area contributed by atoms with Crippen LogP contribution >= 0.6 is 39.1 Å². The predicted molar refractivity (Wildman–Crippen MR) is 71.4 cm³/mol. The van der Waals surface area contributed by atoms with Crippen molar-refractivity contribution in [2.45, 2.75) is 18.7 Å². The Morgan fingerprint density at radius 2 is 2.25 bits per heavy atom. The van der Waals surface area contributed by atoms with Crippen LogP contribution in [0.4, 0.5) is 0 Å². The van der Waals surface area contributed by atoms with E-state index >= 15 is 0 Å². The third-order valence-corrected chi connectivity index (χ3v) is 3.88. The van der Waals surface area contributed by atoms with Gasteiger partial charge in [0.05, 0.1) is 16.0 Å². The van der Waals surface area contributed by atoms with Crippen molar-refractivity contribution in [3.8, 4) is 0 Å². The lowest BCUT2D eigenvalue weighted by Gasteiger charge is -2.10. The van der Waals surface area contributed by atoms with Crippen molar-refractivity contribution in [1.29, 1.82) is 0 Å². The molecule has 5 heteroatoms. The van der Waals surface area contributed by atoms with Gasteiger partial charge in [-0.3, -0.25) is 4.79 Å². The van der Waals surface area contributed by atoms with Gasteiger partial charge in [-0.1, -0.05) is 24.6 Å².